The number of aryl methyl sites for hydroxylation is 1. The molecule has 3 heteroatoms. The fraction of sp³-hybridized carbons (Fsp3) is 0.0769. The van der Waals surface area contributed by atoms with E-state index >= 15 is 0 Å². The zero-order valence-electron chi connectivity index (χ0n) is 8.84. The first-order valence-corrected chi connectivity index (χ1v) is 4.88. The van der Waals surface area contributed by atoms with Gasteiger partial charge in [0.25, 0.3) is 0 Å². The van der Waals surface area contributed by atoms with E-state index in [1.165, 1.54) is 5.56 Å². The number of nitriles is 1. The summed E-state index contributed by atoms with van der Waals surface area (Å²) in [7, 11) is 0. The average molecular weight is 210 g/mol. The number of nitrogens with zero attached hydrogens (tertiary/aromatic N) is 2. The van der Waals surface area contributed by atoms with E-state index in [4.69, 9.17) is 10.00 Å². The first kappa shape index (κ1) is 10.2. The molecule has 16 heavy (non-hydrogen) atoms. The molecule has 0 aliphatic heterocycles. The van der Waals surface area contributed by atoms with Crippen molar-refractivity contribution in [2.45, 2.75) is 6.92 Å². The maximum absolute atomic E-state index is 8.73. The lowest BCUT2D eigenvalue weighted by molar-refractivity contribution is 0.462. The SMILES string of the molecule is Cc1ccc(Oc2cc(C#N)ccn2)cc1. The lowest BCUT2D eigenvalue weighted by Crippen LogP contribution is -1.88. The number of pyridine rings is 1. The molecule has 0 bridgehead atoms. The third-order valence-corrected chi connectivity index (χ3v) is 2.11. The molecule has 1 aromatic carbocycles. The molecule has 0 fully saturated rings. The van der Waals surface area contributed by atoms with Gasteiger partial charge in [-0.1, -0.05) is 17.7 Å². The standard InChI is InChI=1S/C13H10N2O/c1-10-2-4-12(5-3-10)16-13-8-11(9-14)6-7-15-13/h2-8H,1H3. The number of hydrogen-bond donors (Lipinski definition) is 0. The van der Waals surface area contributed by atoms with E-state index < -0.39 is 0 Å². The molecule has 2 aromatic rings. The molecule has 2 rings (SSSR count). The van der Waals surface area contributed by atoms with Crippen LogP contribution in [0.4, 0.5) is 0 Å². The van der Waals surface area contributed by atoms with Crippen molar-refractivity contribution in [1.29, 1.82) is 5.26 Å². The van der Waals surface area contributed by atoms with Gasteiger partial charge in [0.1, 0.15) is 5.75 Å². The molecule has 78 valence electrons. The molecule has 0 saturated carbocycles. The van der Waals surface area contributed by atoms with Gasteiger partial charge in [-0.05, 0) is 25.1 Å². The second-order valence-electron chi connectivity index (χ2n) is 3.41. The van der Waals surface area contributed by atoms with Crippen LogP contribution in [0.15, 0.2) is 42.6 Å². The summed E-state index contributed by atoms with van der Waals surface area (Å²) in [6.45, 7) is 2.01. The molecule has 0 radical (unpaired) electrons. The average Bonchev–Trinajstić information content (AvgIpc) is 2.32. The number of benzene rings is 1. The molecule has 0 atom stereocenters. The quantitative estimate of drug-likeness (QED) is 0.765. The lowest BCUT2D eigenvalue weighted by atomic mass is 10.2. The van der Waals surface area contributed by atoms with Gasteiger partial charge in [-0.15, -0.1) is 0 Å². The summed E-state index contributed by atoms with van der Waals surface area (Å²) in [5.41, 5.74) is 1.71. The maximum Gasteiger partial charge on any atom is 0.220 e. The predicted octanol–water partition coefficient (Wildman–Crippen LogP) is 3.05. The fourth-order valence-corrected chi connectivity index (χ4v) is 1.26. The second-order valence-corrected chi connectivity index (χ2v) is 3.41. The van der Waals surface area contributed by atoms with E-state index in [0.29, 0.717) is 17.2 Å². The second kappa shape index (κ2) is 4.45. The zero-order valence-corrected chi connectivity index (χ0v) is 8.84. The van der Waals surface area contributed by atoms with Gasteiger partial charge in [0.05, 0.1) is 11.6 Å². The van der Waals surface area contributed by atoms with Crippen LogP contribution < -0.4 is 4.74 Å². The minimum atomic E-state index is 0.433. The summed E-state index contributed by atoms with van der Waals surface area (Å²) in [5, 5.41) is 8.73. The Bertz CT molecular complexity index is 526. The van der Waals surface area contributed by atoms with Crippen molar-refractivity contribution in [3.63, 3.8) is 0 Å². The van der Waals surface area contributed by atoms with Crippen LogP contribution in [0.3, 0.4) is 0 Å². The van der Waals surface area contributed by atoms with Crippen LogP contribution in [-0.4, -0.2) is 4.98 Å². The zero-order chi connectivity index (χ0) is 11.4. The molecule has 1 heterocycles. The van der Waals surface area contributed by atoms with Gasteiger partial charge < -0.3 is 4.74 Å². The minimum absolute atomic E-state index is 0.433. The molecule has 1 aromatic heterocycles. The molecule has 0 aliphatic rings. The van der Waals surface area contributed by atoms with Crippen LogP contribution in [0, 0.1) is 18.3 Å². The van der Waals surface area contributed by atoms with Crippen LogP contribution in [0.2, 0.25) is 0 Å². The van der Waals surface area contributed by atoms with Crippen LogP contribution >= 0.6 is 0 Å². The van der Waals surface area contributed by atoms with Gasteiger partial charge >= 0.3 is 0 Å². The topological polar surface area (TPSA) is 45.9 Å². The van der Waals surface area contributed by atoms with Gasteiger partial charge in [0.2, 0.25) is 5.88 Å². The van der Waals surface area contributed by atoms with Crippen molar-refractivity contribution in [3.8, 4) is 17.7 Å². The molecule has 0 amide bonds. The first-order valence-electron chi connectivity index (χ1n) is 4.88. The summed E-state index contributed by atoms with van der Waals surface area (Å²) in [5.74, 6) is 1.15. The van der Waals surface area contributed by atoms with E-state index in [0.717, 1.165) is 0 Å². The third kappa shape index (κ3) is 2.37. The maximum atomic E-state index is 8.73. The highest BCUT2D eigenvalue weighted by Crippen LogP contribution is 2.19. The Labute approximate surface area is 93.9 Å². The highest BCUT2D eigenvalue weighted by atomic mass is 16.5. The number of rotatable bonds is 2. The summed E-state index contributed by atoms with van der Waals surface area (Å²) >= 11 is 0. The van der Waals surface area contributed by atoms with Gasteiger partial charge in [0.15, 0.2) is 0 Å². The number of ether oxygens (including phenoxy) is 1. The van der Waals surface area contributed by atoms with Crippen LogP contribution in [0.1, 0.15) is 11.1 Å². The smallest absolute Gasteiger partial charge is 0.220 e. The Hall–Kier alpha value is -2.34. The van der Waals surface area contributed by atoms with Gasteiger partial charge in [0, 0.05) is 12.3 Å². The van der Waals surface area contributed by atoms with E-state index in [1.807, 2.05) is 37.3 Å². The summed E-state index contributed by atoms with van der Waals surface area (Å²) in [6, 6.07) is 13.0. The molecule has 0 unspecified atom stereocenters. The van der Waals surface area contributed by atoms with Gasteiger partial charge in [-0.3, -0.25) is 0 Å². The van der Waals surface area contributed by atoms with Crippen molar-refractivity contribution in [3.05, 3.63) is 53.7 Å². The van der Waals surface area contributed by atoms with Crippen LogP contribution in [-0.2, 0) is 0 Å². The Morgan fingerprint density at radius 2 is 1.94 bits per heavy atom. The molecule has 0 N–H and O–H groups in total. The minimum Gasteiger partial charge on any atom is -0.439 e. The Balaban J connectivity index is 2.21. The number of hydrogen-bond acceptors (Lipinski definition) is 3. The Kier molecular flexibility index (Phi) is 2.84. The van der Waals surface area contributed by atoms with E-state index in [1.54, 1.807) is 18.3 Å². The van der Waals surface area contributed by atoms with Crippen molar-refractivity contribution < 1.29 is 4.74 Å². The fourth-order valence-electron chi connectivity index (χ4n) is 1.26. The van der Waals surface area contributed by atoms with Crippen LogP contribution in [0.25, 0.3) is 0 Å². The predicted molar refractivity (Wildman–Crippen MR) is 60.2 cm³/mol. The van der Waals surface area contributed by atoms with E-state index in [-0.39, 0.29) is 0 Å². The normalized spacial score (nSPS) is 9.50. The molecule has 0 aliphatic carbocycles. The first-order chi connectivity index (χ1) is 7.78. The van der Waals surface area contributed by atoms with Crippen molar-refractivity contribution in [1.82, 2.24) is 4.98 Å². The van der Waals surface area contributed by atoms with Crippen molar-refractivity contribution in [2.24, 2.45) is 0 Å². The van der Waals surface area contributed by atoms with E-state index in [9.17, 15) is 0 Å². The molecular weight excluding hydrogens is 200 g/mol. The molecule has 3 nitrogen and oxygen atoms in total. The molecule has 0 saturated heterocycles. The monoisotopic (exact) mass is 210 g/mol. The number of aromatic nitrogens is 1. The highest BCUT2D eigenvalue weighted by molar-refractivity contribution is 5.34. The van der Waals surface area contributed by atoms with Crippen molar-refractivity contribution >= 4 is 0 Å². The Morgan fingerprint density at radius 3 is 2.62 bits per heavy atom. The van der Waals surface area contributed by atoms with Gasteiger partial charge in [-0.25, -0.2) is 4.98 Å². The van der Waals surface area contributed by atoms with Crippen LogP contribution in [0.5, 0.6) is 11.6 Å². The third-order valence-electron chi connectivity index (χ3n) is 2.11. The largest absolute Gasteiger partial charge is 0.439 e. The summed E-state index contributed by atoms with van der Waals surface area (Å²) in [6.07, 6.45) is 1.56. The van der Waals surface area contributed by atoms with Gasteiger partial charge in [-0.2, -0.15) is 5.26 Å². The summed E-state index contributed by atoms with van der Waals surface area (Å²) in [4.78, 5) is 4.03. The van der Waals surface area contributed by atoms with E-state index in [2.05, 4.69) is 4.98 Å². The van der Waals surface area contributed by atoms with Crippen molar-refractivity contribution in [2.75, 3.05) is 0 Å². The highest BCUT2D eigenvalue weighted by Gasteiger charge is 1.99. The Morgan fingerprint density at radius 1 is 1.19 bits per heavy atom. The molecule has 0 spiro atoms. The summed E-state index contributed by atoms with van der Waals surface area (Å²) < 4.78 is 5.51. The lowest BCUT2D eigenvalue weighted by Gasteiger charge is -2.04. The molecular formula is C13H10N2O.